The predicted molar refractivity (Wildman–Crippen MR) is 55.1 cm³/mol. The van der Waals surface area contributed by atoms with Gasteiger partial charge in [0.05, 0.1) is 6.10 Å². The lowest BCUT2D eigenvalue weighted by molar-refractivity contribution is -0.282. The molecule has 8 nitrogen and oxygen atoms in total. The van der Waals surface area contributed by atoms with Crippen molar-refractivity contribution in [3.05, 3.63) is 0 Å². The molecule has 9 heteroatoms. The molecule has 102 valence electrons. The summed E-state index contributed by atoms with van der Waals surface area (Å²) in [7, 11) is -2.04. The highest BCUT2D eigenvalue weighted by molar-refractivity contribution is 7.47. The number of hydrogen-bond acceptors (Lipinski definition) is 7. The zero-order chi connectivity index (χ0) is 13.2. The van der Waals surface area contributed by atoms with Crippen molar-refractivity contribution < 1.29 is 38.2 Å². The van der Waals surface area contributed by atoms with Gasteiger partial charge in [-0.2, -0.15) is 0 Å². The van der Waals surface area contributed by atoms with Gasteiger partial charge in [0.2, 0.25) is 0 Å². The first-order chi connectivity index (χ1) is 7.82. The minimum absolute atomic E-state index is 0.685. The highest BCUT2D eigenvalue weighted by Gasteiger charge is 2.46. The lowest BCUT2D eigenvalue weighted by Gasteiger charge is -2.40. The summed E-state index contributed by atoms with van der Waals surface area (Å²) in [5.74, 6) is 0. The average Bonchev–Trinajstić information content (AvgIpc) is 2.29. The first-order valence-electron chi connectivity index (χ1n) is 4.93. The maximum Gasteiger partial charge on any atom is 0.472 e. The molecular formula is C8H17O8P. The van der Waals surface area contributed by atoms with Gasteiger partial charge in [-0.1, -0.05) is 0 Å². The maximum atomic E-state index is 11.3. The largest absolute Gasteiger partial charge is 0.472 e. The van der Waals surface area contributed by atoms with Gasteiger partial charge in [0.25, 0.3) is 0 Å². The summed E-state index contributed by atoms with van der Waals surface area (Å²) in [6, 6.07) is 0. The van der Waals surface area contributed by atoms with Gasteiger partial charge >= 0.3 is 7.82 Å². The minimum atomic E-state index is -4.31. The molecule has 0 amide bonds. The van der Waals surface area contributed by atoms with Crippen molar-refractivity contribution in [2.75, 3.05) is 14.2 Å². The Hall–Kier alpha value is -0.0500. The molecule has 1 heterocycles. The third kappa shape index (κ3) is 3.46. The van der Waals surface area contributed by atoms with Crippen LogP contribution in [0, 0.1) is 0 Å². The SMILES string of the molecule is CO[C@@H]1O[C@@H](C)[C@H](O)[C@@H](O)[C@H]1OP(=O)(O)OC. The Morgan fingerprint density at radius 3 is 2.29 bits per heavy atom. The quantitative estimate of drug-likeness (QED) is 0.572. The Bertz CT molecular complexity index is 295. The van der Waals surface area contributed by atoms with Crippen molar-refractivity contribution >= 4 is 7.82 Å². The van der Waals surface area contributed by atoms with E-state index < -0.39 is 38.5 Å². The summed E-state index contributed by atoms with van der Waals surface area (Å²) in [5.41, 5.74) is 0. The van der Waals surface area contributed by atoms with Gasteiger partial charge in [0.15, 0.2) is 6.29 Å². The van der Waals surface area contributed by atoms with Crippen LogP contribution in [0.15, 0.2) is 0 Å². The van der Waals surface area contributed by atoms with Crippen LogP contribution in [-0.2, 0) is 23.1 Å². The monoisotopic (exact) mass is 272 g/mol. The number of aliphatic hydroxyl groups is 2. The molecule has 0 aromatic carbocycles. The molecule has 0 saturated carbocycles. The normalized spacial score (nSPS) is 42.1. The van der Waals surface area contributed by atoms with Crippen molar-refractivity contribution in [2.24, 2.45) is 0 Å². The van der Waals surface area contributed by atoms with Crippen molar-refractivity contribution in [2.45, 2.75) is 37.6 Å². The Morgan fingerprint density at radius 1 is 1.24 bits per heavy atom. The molecule has 17 heavy (non-hydrogen) atoms. The minimum Gasteiger partial charge on any atom is -0.388 e. The Kier molecular flexibility index (Phi) is 5.06. The van der Waals surface area contributed by atoms with E-state index in [9.17, 15) is 14.8 Å². The van der Waals surface area contributed by atoms with E-state index in [4.69, 9.17) is 18.9 Å². The molecule has 0 bridgehead atoms. The standard InChI is InChI=1S/C8H17O8P/c1-4-5(9)6(10)7(8(13-2)15-4)16-17(11,12)14-3/h4-10H,1-3H3,(H,11,12)/t4-,5-,6+,7+,8+/m0/s1. The van der Waals surface area contributed by atoms with E-state index in [0.717, 1.165) is 7.11 Å². The molecule has 1 saturated heterocycles. The summed E-state index contributed by atoms with van der Waals surface area (Å²) >= 11 is 0. The third-order valence-corrected chi connectivity index (χ3v) is 3.47. The molecular weight excluding hydrogens is 255 g/mol. The fourth-order valence-corrected chi connectivity index (χ4v) is 2.12. The highest BCUT2D eigenvalue weighted by atomic mass is 31.2. The van der Waals surface area contributed by atoms with Gasteiger partial charge < -0.3 is 24.6 Å². The van der Waals surface area contributed by atoms with Gasteiger partial charge in [0.1, 0.15) is 18.3 Å². The molecule has 3 N–H and O–H groups in total. The van der Waals surface area contributed by atoms with Gasteiger partial charge in [-0.15, -0.1) is 0 Å². The zero-order valence-corrected chi connectivity index (χ0v) is 10.6. The molecule has 1 aliphatic heterocycles. The number of rotatable bonds is 4. The van der Waals surface area contributed by atoms with E-state index in [2.05, 4.69) is 4.52 Å². The molecule has 6 atom stereocenters. The second kappa shape index (κ2) is 5.73. The fourth-order valence-electron chi connectivity index (χ4n) is 1.50. The molecule has 1 aliphatic rings. The summed E-state index contributed by atoms with van der Waals surface area (Å²) < 4.78 is 30.2. The second-order valence-electron chi connectivity index (χ2n) is 3.65. The average molecular weight is 272 g/mol. The topological polar surface area (TPSA) is 115 Å². The molecule has 1 fully saturated rings. The first kappa shape index (κ1) is 15.0. The maximum absolute atomic E-state index is 11.3. The highest BCUT2D eigenvalue weighted by Crippen LogP contribution is 2.45. The summed E-state index contributed by atoms with van der Waals surface area (Å²) in [4.78, 5) is 9.17. The van der Waals surface area contributed by atoms with E-state index in [-0.39, 0.29) is 0 Å². The van der Waals surface area contributed by atoms with Crippen molar-refractivity contribution in [1.29, 1.82) is 0 Å². The van der Waals surface area contributed by atoms with Crippen LogP contribution in [0.5, 0.6) is 0 Å². The van der Waals surface area contributed by atoms with E-state index >= 15 is 0 Å². The van der Waals surface area contributed by atoms with Crippen LogP contribution >= 0.6 is 7.82 Å². The van der Waals surface area contributed by atoms with E-state index in [0.29, 0.717) is 0 Å². The molecule has 0 aromatic heterocycles. The van der Waals surface area contributed by atoms with Crippen LogP contribution in [-0.4, -0.2) is 60.0 Å². The number of hydrogen-bond donors (Lipinski definition) is 3. The lowest BCUT2D eigenvalue weighted by atomic mass is 10.0. The Balaban J connectivity index is 2.82. The molecule has 1 unspecified atom stereocenters. The number of aliphatic hydroxyl groups excluding tert-OH is 2. The number of phosphoric ester groups is 1. The molecule has 0 spiro atoms. The number of methoxy groups -OCH3 is 1. The Morgan fingerprint density at radius 2 is 1.82 bits per heavy atom. The van der Waals surface area contributed by atoms with Crippen LogP contribution < -0.4 is 0 Å². The zero-order valence-electron chi connectivity index (χ0n) is 9.72. The molecule has 0 aliphatic carbocycles. The smallest absolute Gasteiger partial charge is 0.388 e. The summed E-state index contributed by atoms with van der Waals surface area (Å²) in [5, 5.41) is 19.3. The lowest BCUT2D eigenvalue weighted by Crippen LogP contribution is -2.57. The van der Waals surface area contributed by atoms with Crippen LogP contribution in [0.2, 0.25) is 0 Å². The molecule has 1 rings (SSSR count). The molecule has 0 aromatic rings. The van der Waals surface area contributed by atoms with Crippen molar-refractivity contribution in [3.63, 3.8) is 0 Å². The van der Waals surface area contributed by atoms with Crippen LogP contribution in [0.1, 0.15) is 6.92 Å². The van der Waals surface area contributed by atoms with E-state index in [1.54, 1.807) is 0 Å². The van der Waals surface area contributed by atoms with E-state index in [1.807, 2.05) is 0 Å². The van der Waals surface area contributed by atoms with Gasteiger partial charge in [-0.05, 0) is 6.92 Å². The van der Waals surface area contributed by atoms with Crippen molar-refractivity contribution in [3.8, 4) is 0 Å². The first-order valence-corrected chi connectivity index (χ1v) is 6.43. The van der Waals surface area contributed by atoms with Crippen LogP contribution in [0.25, 0.3) is 0 Å². The second-order valence-corrected chi connectivity index (χ2v) is 5.16. The predicted octanol–water partition coefficient (Wildman–Crippen LogP) is -0.769. The number of phosphoric acid groups is 1. The summed E-state index contributed by atoms with van der Waals surface area (Å²) in [6.45, 7) is 1.53. The molecule has 0 radical (unpaired) electrons. The van der Waals surface area contributed by atoms with Gasteiger partial charge in [-0.25, -0.2) is 4.57 Å². The van der Waals surface area contributed by atoms with Gasteiger partial charge in [0, 0.05) is 14.2 Å². The third-order valence-electron chi connectivity index (χ3n) is 2.50. The van der Waals surface area contributed by atoms with Crippen LogP contribution in [0.3, 0.4) is 0 Å². The van der Waals surface area contributed by atoms with Gasteiger partial charge in [-0.3, -0.25) is 9.05 Å². The number of ether oxygens (including phenoxy) is 2. The van der Waals surface area contributed by atoms with Crippen molar-refractivity contribution in [1.82, 2.24) is 0 Å². The fraction of sp³-hybridized carbons (Fsp3) is 1.00. The van der Waals surface area contributed by atoms with E-state index in [1.165, 1.54) is 14.0 Å². The Labute approximate surface area is 98.7 Å². The van der Waals surface area contributed by atoms with Crippen LogP contribution in [0.4, 0.5) is 0 Å². The summed E-state index contributed by atoms with van der Waals surface area (Å²) in [6.07, 6.45) is -5.74.